The second-order valence-electron chi connectivity index (χ2n) is 5.55. The summed E-state index contributed by atoms with van der Waals surface area (Å²) >= 11 is 12.2. The van der Waals surface area contributed by atoms with Gasteiger partial charge in [-0.3, -0.25) is 4.79 Å². The molecular formula is C18H17Cl2NO3. The van der Waals surface area contributed by atoms with E-state index in [-0.39, 0.29) is 5.91 Å². The number of fused-ring (bicyclic) bond motifs is 1. The first-order chi connectivity index (χ1) is 11.5. The molecule has 0 spiro atoms. The van der Waals surface area contributed by atoms with Crippen LogP contribution in [0.3, 0.4) is 0 Å². The van der Waals surface area contributed by atoms with Gasteiger partial charge < -0.3 is 14.4 Å². The maximum absolute atomic E-state index is 12.8. The van der Waals surface area contributed by atoms with E-state index in [1.54, 1.807) is 37.3 Å². The summed E-state index contributed by atoms with van der Waals surface area (Å²) in [6.45, 7) is 1.11. The van der Waals surface area contributed by atoms with E-state index >= 15 is 0 Å². The van der Waals surface area contributed by atoms with E-state index in [0.717, 1.165) is 17.5 Å². The lowest BCUT2D eigenvalue weighted by Gasteiger charge is -2.30. The molecule has 1 heterocycles. The Morgan fingerprint density at radius 1 is 1.08 bits per heavy atom. The summed E-state index contributed by atoms with van der Waals surface area (Å²) in [7, 11) is 3.21. The van der Waals surface area contributed by atoms with Gasteiger partial charge in [-0.05, 0) is 41.8 Å². The molecule has 0 radical (unpaired) electrons. The van der Waals surface area contributed by atoms with Crippen LogP contribution in [0.25, 0.3) is 0 Å². The number of methoxy groups -OCH3 is 2. The van der Waals surface area contributed by atoms with Gasteiger partial charge in [-0.2, -0.15) is 0 Å². The summed E-state index contributed by atoms with van der Waals surface area (Å²) < 4.78 is 10.7. The highest BCUT2D eigenvalue weighted by molar-refractivity contribution is 6.43. The van der Waals surface area contributed by atoms with Crippen LogP contribution in [0.1, 0.15) is 21.5 Å². The van der Waals surface area contributed by atoms with Crippen LogP contribution in [0, 0.1) is 0 Å². The molecule has 2 aromatic carbocycles. The predicted octanol–water partition coefficient (Wildman–Crippen LogP) is 4.21. The first-order valence-corrected chi connectivity index (χ1v) is 8.27. The van der Waals surface area contributed by atoms with Crippen molar-refractivity contribution >= 4 is 29.1 Å². The molecule has 24 heavy (non-hydrogen) atoms. The van der Waals surface area contributed by atoms with Gasteiger partial charge in [0.1, 0.15) is 0 Å². The largest absolute Gasteiger partial charge is 0.493 e. The van der Waals surface area contributed by atoms with Crippen molar-refractivity contribution in [3.05, 3.63) is 57.1 Å². The van der Waals surface area contributed by atoms with Crippen LogP contribution in [0.4, 0.5) is 0 Å². The Hall–Kier alpha value is -1.91. The second kappa shape index (κ2) is 6.91. The fraction of sp³-hybridized carbons (Fsp3) is 0.278. The van der Waals surface area contributed by atoms with Crippen LogP contribution >= 0.6 is 23.2 Å². The Morgan fingerprint density at radius 2 is 1.75 bits per heavy atom. The molecule has 0 N–H and O–H groups in total. The SMILES string of the molecule is COc1cc2c(cc1OC)CN(C(=O)c1cccc(Cl)c1Cl)CC2. The van der Waals surface area contributed by atoms with Crippen LogP contribution in [0.2, 0.25) is 10.0 Å². The summed E-state index contributed by atoms with van der Waals surface area (Å²) in [5.74, 6) is 1.24. The molecule has 0 unspecified atom stereocenters. The Morgan fingerprint density at radius 3 is 2.42 bits per heavy atom. The number of benzene rings is 2. The van der Waals surface area contributed by atoms with Gasteiger partial charge in [0.25, 0.3) is 5.91 Å². The van der Waals surface area contributed by atoms with Crippen molar-refractivity contribution in [2.75, 3.05) is 20.8 Å². The number of ether oxygens (including phenoxy) is 2. The number of hydrogen-bond donors (Lipinski definition) is 0. The summed E-state index contributed by atoms with van der Waals surface area (Å²) in [6, 6.07) is 8.99. The zero-order valence-electron chi connectivity index (χ0n) is 13.4. The molecule has 1 aliphatic rings. The lowest BCUT2D eigenvalue weighted by atomic mass is 9.98. The van der Waals surface area contributed by atoms with Crippen LogP contribution < -0.4 is 9.47 Å². The van der Waals surface area contributed by atoms with Crippen molar-refractivity contribution in [3.8, 4) is 11.5 Å². The van der Waals surface area contributed by atoms with E-state index in [9.17, 15) is 4.79 Å². The molecule has 0 bridgehead atoms. The van der Waals surface area contributed by atoms with Gasteiger partial charge in [0, 0.05) is 13.1 Å². The number of amides is 1. The summed E-state index contributed by atoms with van der Waals surface area (Å²) in [5.41, 5.74) is 2.63. The topological polar surface area (TPSA) is 38.8 Å². The number of carbonyl (C=O) groups is 1. The van der Waals surface area contributed by atoms with E-state index in [0.29, 0.717) is 40.2 Å². The smallest absolute Gasteiger partial charge is 0.255 e. The first kappa shape index (κ1) is 16.9. The van der Waals surface area contributed by atoms with Crippen LogP contribution in [0.15, 0.2) is 30.3 Å². The summed E-state index contributed by atoms with van der Waals surface area (Å²) in [5, 5.41) is 0.675. The molecule has 3 rings (SSSR count). The van der Waals surface area contributed by atoms with E-state index in [1.165, 1.54) is 0 Å². The van der Waals surface area contributed by atoms with Crippen molar-refractivity contribution in [1.82, 2.24) is 4.90 Å². The van der Waals surface area contributed by atoms with Crippen molar-refractivity contribution < 1.29 is 14.3 Å². The molecule has 0 aromatic heterocycles. The molecule has 0 saturated heterocycles. The van der Waals surface area contributed by atoms with Gasteiger partial charge in [-0.1, -0.05) is 29.3 Å². The van der Waals surface area contributed by atoms with Gasteiger partial charge in [0.15, 0.2) is 11.5 Å². The van der Waals surface area contributed by atoms with E-state index in [2.05, 4.69) is 0 Å². The van der Waals surface area contributed by atoms with Crippen molar-refractivity contribution in [2.45, 2.75) is 13.0 Å². The standard InChI is InChI=1S/C18H17Cl2NO3/c1-23-15-8-11-6-7-21(10-12(11)9-16(15)24-2)18(22)13-4-3-5-14(19)17(13)20/h3-5,8-9H,6-7,10H2,1-2H3. The van der Waals surface area contributed by atoms with Gasteiger partial charge >= 0.3 is 0 Å². The van der Waals surface area contributed by atoms with E-state index < -0.39 is 0 Å². The molecule has 0 saturated carbocycles. The average molecular weight is 366 g/mol. The van der Waals surface area contributed by atoms with Gasteiger partial charge in [-0.15, -0.1) is 0 Å². The summed E-state index contributed by atoms with van der Waals surface area (Å²) in [6.07, 6.45) is 0.750. The first-order valence-electron chi connectivity index (χ1n) is 7.52. The number of hydrogen-bond acceptors (Lipinski definition) is 3. The Bertz CT molecular complexity index is 792. The zero-order valence-corrected chi connectivity index (χ0v) is 14.9. The lowest BCUT2D eigenvalue weighted by Crippen LogP contribution is -2.36. The maximum atomic E-state index is 12.8. The molecule has 1 amide bonds. The highest BCUT2D eigenvalue weighted by atomic mass is 35.5. The van der Waals surface area contributed by atoms with Crippen LogP contribution in [0.5, 0.6) is 11.5 Å². The highest BCUT2D eigenvalue weighted by Gasteiger charge is 2.25. The number of carbonyl (C=O) groups excluding carboxylic acids is 1. The molecule has 6 heteroatoms. The maximum Gasteiger partial charge on any atom is 0.255 e. The Balaban J connectivity index is 1.89. The number of nitrogens with zero attached hydrogens (tertiary/aromatic N) is 1. The lowest BCUT2D eigenvalue weighted by molar-refractivity contribution is 0.0734. The average Bonchev–Trinajstić information content (AvgIpc) is 2.61. The Labute approximate surface area is 150 Å². The monoisotopic (exact) mass is 365 g/mol. The molecular weight excluding hydrogens is 349 g/mol. The van der Waals surface area contributed by atoms with Gasteiger partial charge in [0.05, 0.1) is 29.8 Å². The predicted molar refractivity (Wildman–Crippen MR) is 94.5 cm³/mol. The molecule has 0 atom stereocenters. The molecule has 1 aliphatic heterocycles. The second-order valence-corrected chi connectivity index (χ2v) is 6.34. The third-order valence-corrected chi connectivity index (χ3v) is 5.01. The number of halogens is 2. The third kappa shape index (κ3) is 3.04. The van der Waals surface area contributed by atoms with Gasteiger partial charge in [0.2, 0.25) is 0 Å². The van der Waals surface area contributed by atoms with Crippen molar-refractivity contribution in [2.24, 2.45) is 0 Å². The third-order valence-electron chi connectivity index (χ3n) is 4.19. The van der Waals surface area contributed by atoms with E-state index in [1.807, 2.05) is 12.1 Å². The molecule has 2 aromatic rings. The minimum Gasteiger partial charge on any atom is -0.493 e. The summed E-state index contributed by atoms with van der Waals surface area (Å²) in [4.78, 5) is 14.6. The molecule has 0 fully saturated rings. The molecule has 0 aliphatic carbocycles. The fourth-order valence-corrected chi connectivity index (χ4v) is 3.28. The van der Waals surface area contributed by atoms with Crippen LogP contribution in [-0.4, -0.2) is 31.6 Å². The van der Waals surface area contributed by atoms with E-state index in [4.69, 9.17) is 32.7 Å². The van der Waals surface area contributed by atoms with Gasteiger partial charge in [-0.25, -0.2) is 0 Å². The quantitative estimate of drug-likeness (QED) is 0.817. The minimum atomic E-state index is -0.122. The minimum absolute atomic E-state index is 0.122. The zero-order chi connectivity index (χ0) is 17.3. The van der Waals surface area contributed by atoms with Crippen LogP contribution in [-0.2, 0) is 13.0 Å². The number of rotatable bonds is 3. The van der Waals surface area contributed by atoms with Crippen molar-refractivity contribution in [1.29, 1.82) is 0 Å². The Kier molecular flexibility index (Phi) is 4.88. The molecule has 4 nitrogen and oxygen atoms in total. The molecule has 126 valence electrons. The normalized spacial score (nSPS) is 13.4. The fourth-order valence-electron chi connectivity index (χ4n) is 2.90. The highest BCUT2D eigenvalue weighted by Crippen LogP contribution is 2.34. The van der Waals surface area contributed by atoms with Crippen molar-refractivity contribution in [3.63, 3.8) is 0 Å².